The van der Waals surface area contributed by atoms with Crippen molar-refractivity contribution in [3.05, 3.63) is 24.3 Å². The van der Waals surface area contributed by atoms with Crippen LogP contribution < -0.4 is 4.90 Å². The Morgan fingerprint density at radius 3 is 2.55 bits per heavy atom. The van der Waals surface area contributed by atoms with Crippen molar-refractivity contribution in [2.75, 3.05) is 18.6 Å². The minimum Gasteiger partial charge on any atom is -0.468 e. The number of thiazole rings is 1. The molecule has 118 valence electrons. The third-order valence-electron chi connectivity index (χ3n) is 2.64. The largest absolute Gasteiger partial charge is 0.468 e. The van der Waals surface area contributed by atoms with Gasteiger partial charge < -0.3 is 9.47 Å². The van der Waals surface area contributed by atoms with Gasteiger partial charge in [-0.2, -0.15) is 0 Å². The molecule has 7 heteroatoms. The molecule has 1 heterocycles. The summed E-state index contributed by atoms with van der Waals surface area (Å²) >= 11 is 1.32. The smallest absolute Gasteiger partial charge is 0.417 e. The number of esters is 1. The molecule has 0 spiro atoms. The topological polar surface area (TPSA) is 68.7 Å². The van der Waals surface area contributed by atoms with E-state index in [1.165, 1.54) is 23.3 Å². The van der Waals surface area contributed by atoms with Crippen molar-refractivity contribution < 1.29 is 19.1 Å². The van der Waals surface area contributed by atoms with Crippen molar-refractivity contribution in [1.82, 2.24) is 4.98 Å². The van der Waals surface area contributed by atoms with Crippen LogP contribution >= 0.6 is 11.3 Å². The molecule has 0 radical (unpaired) electrons. The standard InChI is InChI=1S/C15H18N2O4S/c1-15(2,3)21-14(19)17(9-12(18)20-4)13-16-10-7-5-6-8-11(10)22-13/h5-8H,9H2,1-4H3. The second kappa shape index (κ2) is 6.31. The molecule has 0 aliphatic carbocycles. The lowest BCUT2D eigenvalue weighted by Gasteiger charge is -2.25. The van der Waals surface area contributed by atoms with Gasteiger partial charge in [0.2, 0.25) is 0 Å². The maximum absolute atomic E-state index is 12.4. The van der Waals surface area contributed by atoms with Gasteiger partial charge in [0, 0.05) is 0 Å². The molecular formula is C15H18N2O4S. The summed E-state index contributed by atoms with van der Waals surface area (Å²) in [7, 11) is 1.27. The van der Waals surface area contributed by atoms with Gasteiger partial charge in [0.15, 0.2) is 5.13 Å². The fourth-order valence-corrected chi connectivity index (χ4v) is 2.65. The molecule has 1 amide bonds. The molecule has 0 fully saturated rings. The zero-order chi connectivity index (χ0) is 16.3. The number of aromatic nitrogens is 1. The first-order valence-corrected chi connectivity index (χ1v) is 7.55. The maximum atomic E-state index is 12.4. The van der Waals surface area contributed by atoms with Crippen LogP contribution in [0.25, 0.3) is 10.2 Å². The highest BCUT2D eigenvalue weighted by Crippen LogP contribution is 2.29. The van der Waals surface area contributed by atoms with Gasteiger partial charge in [-0.3, -0.25) is 4.79 Å². The van der Waals surface area contributed by atoms with Crippen molar-refractivity contribution in [2.45, 2.75) is 26.4 Å². The van der Waals surface area contributed by atoms with E-state index in [1.54, 1.807) is 20.8 Å². The van der Waals surface area contributed by atoms with Crippen molar-refractivity contribution in [2.24, 2.45) is 0 Å². The Labute approximate surface area is 132 Å². The van der Waals surface area contributed by atoms with Gasteiger partial charge in [-0.05, 0) is 32.9 Å². The molecule has 1 aromatic heterocycles. The average Bonchev–Trinajstić information content (AvgIpc) is 2.85. The highest BCUT2D eigenvalue weighted by atomic mass is 32.1. The molecule has 6 nitrogen and oxygen atoms in total. The molecule has 0 unspecified atom stereocenters. The Kier molecular flexibility index (Phi) is 4.65. The number of anilines is 1. The third kappa shape index (κ3) is 3.94. The lowest BCUT2D eigenvalue weighted by Crippen LogP contribution is -2.40. The number of carbonyl (C=O) groups excluding carboxylic acids is 2. The first kappa shape index (κ1) is 16.2. The number of fused-ring (bicyclic) bond motifs is 1. The van der Waals surface area contributed by atoms with Crippen molar-refractivity contribution in [3.8, 4) is 0 Å². The van der Waals surface area contributed by atoms with Crippen LogP contribution in [0, 0.1) is 0 Å². The quantitative estimate of drug-likeness (QED) is 0.812. The fraction of sp³-hybridized carbons (Fsp3) is 0.400. The second-order valence-electron chi connectivity index (χ2n) is 5.61. The number of benzene rings is 1. The van der Waals surface area contributed by atoms with E-state index in [4.69, 9.17) is 4.74 Å². The Morgan fingerprint density at radius 1 is 1.27 bits per heavy atom. The summed E-state index contributed by atoms with van der Waals surface area (Å²) in [5.74, 6) is -0.537. The highest BCUT2D eigenvalue weighted by molar-refractivity contribution is 7.22. The molecule has 22 heavy (non-hydrogen) atoms. The molecule has 2 aromatic rings. The van der Waals surface area contributed by atoms with E-state index in [1.807, 2.05) is 24.3 Å². The summed E-state index contributed by atoms with van der Waals surface area (Å²) in [4.78, 5) is 29.5. The summed E-state index contributed by atoms with van der Waals surface area (Å²) < 4.78 is 10.9. The van der Waals surface area contributed by atoms with Crippen molar-refractivity contribution >= 4 is 38.7 Å². The van der Waals surface area contributed by atoms with Crippen molar-refractivity contribution in [3.63, 3.8) is 0 Å². The van der Waals surface area contributed by atoms with Crippen LogP contribution in [-0.2, 0) is 14.3 Å². The number of para-hydroxylation sites is 1. The first-order chi connectivity index (χ1) is 10.3. The van der Waals surface area contributed by atoms with Crippen LogP contribution in [0.5, 0.6) is 0 Å². The minimum absolute atomic E-state index is 0.245. The van der Waals surface area contributed by atoms with E-state index in [0.717, 1.165) is 10.2 Å². The number of hydrogen-bond acceptors (Lipinski definition) is 6. The Bertz CT molecular complexity index is 657. The van der Waals surface area contributed by atoms with Gasteiger partial charge >= 0.3 is 12.1 Å². The number of hydrogen-bond donors (Lipinski definition) is 0. The molecule has 0 aliphatic heterocycles. The Hall–Kier alpha value is -2.15. The summed E-state index contributed by atoms with van der Waals surface area (Å²) in [5.41, 5.74) is 0.100. The molecule has 0 atom stereocenters. The summed E-state index contributed by atoms with van der Waals surface area (Å²) in [6.07, 6.45) is -0.628. The van der Waals surface area contributed by atoms with Gasteiger partial charge in [-0.15, -0.1) is 0 Å². The maximum Gasteiger partial charge on any atom is 0.417 e. The van der Waals surface area contributed by atoms with Crippen LogP contribution in [0.3, 0.4) is 0 Å². The molecular weight excluding hydrogens is 304 g/mol. The molecule has 0 saturated heterocycles. The summed E-state index contributed by atoms with van der Waals surface area (Å²) in [6.45, 7) is 5.05. The summed E-state index contributed by atoms with van der Waals surface area (Å²) in [5, 5.41) is 0.404. The normalized spacial score (nSPS) is 11.3. The zero-order valence-corrected chi connectivity index (χ0v) is 13.8. The van der Waals surface area contributed by atoms with Crippen LogP contribution in [0.1, 0.15) is 20.8 Å². The van der Waals surface area contributed by atoms with Gasteiger partial charge in [0.25, 0.3) is 0 Å². The number of carbonyl (C=O) groups is 2. The van der Waals surface area contributed by atoms with Gasteiger partial charge in [0.05, 0.1) is 17.3 Å². The van der Waals surface area contributed by atoms with Crippen LogP contribution in [0.2, 0.25) is 0 Å². The van der Waals surface area contributed by atoms with E-state index in [2.05, 4.69) is 9.72 Å². The third-order valence-corrected chi connectivity index (χ3v) is 3.70. The SMILES string of the molecule is COC(=O)CN(C(=O)OC(C)(C)C)c1nc2ccccc2s1. The average molecular weight is 322 g/mol. The van der Waals surface area contributed by atoms with E-state index in [0.29, 0.717) is 5.13 Å². The van der Waals surface area contributed by atoms with Crippen molar-refractivity contribution in [1.29, 1.82) is 0 Å². The first-order valence-electron chi connectivity index (χ1n) is 6.73. The second-order valence-corrected chi connectivity index (χ2v) is 6.62. The fourth-order valence-electron chi connectivity index (χ4n) is 1.70. The van der Waals surface area contributed by atoms with E-state index in [-0.39, 0.29) is 6.54 Å². The van der Waals surface area contributed by atoms with E-state index in [9.17, 15) is 9.59 Å². The van der Waals surface area contributed by atoms with Crippen LogP contribution in [0.15, 0.2) is 24.3 Å². The zero-order valence-electron chi connectivity index (χ0n) is 13.0. The molecule has 0 bridgehead atoms. The van der Waals surface area contributed by atoms with E-state index >= 15 is 0 Å². The Morgan fingerprint density at radius 2 is 1.95 bits per heavy atom. The number of rotatable bonds is 3. The monoisotopic (exact) mass is 322 g/mol. The predicted molar refractivity (Wildman–Crippen MR) is 85.2 cm³/mol. The van der Waals surface area contributed by atoms with Gasteiger partial charge in [-0.1, -0.05) is 23.5 Å². The predicted octanol–water partition coefficient (Wildman–Crippen LogP) is 3.21. The number of amides is 1. The molecule has 0 saturated carbocycles. The number of nitrogens with zero attached hydrogens (tertiary/aromatic N) is 2. The highest BCUT2D eigenvalue weighted by Gasteiger charge is 2.27. The van der Waals surface area contributed by atoms with Gasteiger partial charge in [-0.25, -0.2) is 14.7 Å². The molecule has 2 rings (SSSR count). The summed E-state index contributed by atoms with van der Waals surface area (Å²) in [6, 6.07) is 7.51. The number of methoxy groups -OCH3 is 1. The molecule has 1 aromatic carbocycles. The van der Waals surface area contributed by atoms with Crippen LogP contribution in [-0.4, -0.2) is 36.3 Å². The minimum atomic E-state index is -0.665. The molecule has 0 N–H and O–H groups in total. The van der Waals surface area contributed by atoms with Gasteiger partial charge in [0.1, 0.15) is 12.1 Å². The number of ether oxygens (including phenoxy) is 2. The molecule has 0 aliphatic rings. The lowest BCUT2D eigenvalue weighted by molar-refractivity contribution is -0.139. The Balaban J connectivity index is 2.34. The van der Waals surface area contributed by atoms with E-state index < -0.39 is 17.7 Å². The lowest BCUT2D eigenvalue weighted by atomic mass is 10.2. The van der Waals surface area contributed by atoms with Crippen LogP contribution in [0.4, 0.5) is 9.93 Å².